The standard InChI is InChI=1S/C11H13BrN2O4S/c1-14(5-8-4-7(12)6-19-8)11(18)13-9(15)2-3-10(16)17/h4,6H,2-3,5H2,1H3,(H,16,17)(H,13,15,18). The highest BCUT2D eigenvalue weighted by atomic mass is 79.9. The number of hydrogen-bond acceptors (Lipinski definition) is 4. The Kier molecular flexibility index (Phi) is 5.97. The number of aliphatic carboxylic acids is 1. The van der Waals surface area contributed by atoms with E-state index >= 15 is 0 Å². The molecule has 0 saturated carbocycles. The number of carbonyl (C=O) groups is 3. The van der Waals surface area contributed by atoms with E-state index in [0.29, 0.717) is 6.54 Å². The number of thiophene rings is 1. The summed E-state index contributed by atoms with van der Waals surface area (Å²) < 4.78 is 0.943. The van der Waals surface area contributed by atoms with Gasteiger partial charge in [-0.2, -0.15) is 0 Å². The Labute approximate surface area is 122 Å². The molecule has 1 aromatic rings. The third-order valence-electron chi connectivity index (χ3n) is 2.17. The lowest BCUT2D eigenvalue weighted by Crippen LogP contribution is -2.40. The van der Waals surface area contributed by atoms with Crippen LogP contribution in [0.4, 0.5) is 4.79 Å². The molecule has 0 unspecified atom stereocenters. The van der Waals surface area contributed by atoms with Crippen LogP contribution in [0.5, 0.6) is 0 Å². The van der Waals surface area contributed by atoms with Gasteiger partial charge in [0.05, 0.1) is 13.0 Å². The minimum absolute atomic E-state index is 0.209. The van der Waals surface area contributed by atoms with Crippen molar-refractivity contribution in [2.45, 2.75) is 19.4 Å². The maximum Gasteiger partial charge on any atom is 0.324 e. The molecule has 0 aromatic carbocycles. The highest BCUT2D eigenvalue weighted by molar-refractivity contribution is 9.10. The van der Waals surface area contributed by atoms with Crippen molar-refractivity contribution >= 4 is 45.2 Å². The van der Waals surface area contributed by atoms with Crippen LogP contribution in [0.25, 0.3) is 0 Å². The number of carboxylic acid groups (broad SMARTS) is 1. The number of imide groups is 1. The predicted octanol–water partition coefficient (Wildman–Crippen LogP) is 2.04. The molecule has 0 atom stereocenters. The second kappa shape index (κ2) is 7.25. The summed E-state index contributed by atoms with van der Waals surface area (Å²) in [6.07, 6.45) is -0.500. The normalized spacial score (nSPS) is 10.0. The topological polar surface area (TPSA) is 86.7 Å². The zero-order valence-corrected chi connectivity index (χ0v) is 12.6. The van der Waals surface area contributed by atoms with Crippen LogP contribution in [-0.4, -0.2) is 35.0 Å². The number of hydrogen-bond donors (Lipinski definition) is 2. The average Bonchev–Trinajstić information content (AvgIpc) is 2.72. The molecular formula is C11H13BrN2O4S. The molecule has 1 aromatic heterocycles. The van der Waals surface area contributed by atoms with E-state index in [-0.39, 0.29) is 12.8 Å². The van der Waals surface area contributed by atoms with Crippen LogP contribution in [0.3, 0.4) is 0 Å². The Morgan fingerprint density at radius 2 is 2.11 bits per heavy atom. The van der Waals surface area contributed by atoms with Crippen LogP contribution >= 0.6 is 27.3 Å². The lowest BCUT2D eigenvalue weighted by Gasteiger charge is -2.16. The lowest BCUT2D eigenvalue weighted by atomic mass is 10.3. The van der Waals surface area contributed by atoms with E-state index in [1.165, 1.54) is 16.2 Å². The van der Waals surface area contributed by atoms with Crippen molar-refractivity contribution in [2.75, 3.05) is 7.05 Å². The molecule has 6 nitrogen and oxygen atoms in total. The number of halogens is 1. The molecule has 8 heteroatoms. The zero-order valence-electron chi connectivity index (χ0n) is 10.2. The molecule has 0 aliphatic rings. The molecule has 1 heterocycles. The zero-order chi connectivity index (χ0) is 14.4. The van der Waals surface area contributed by atoms with Crippen molar-refractivity contribution in [3.8, 4) is 0 Å². The summed E-state index contributed by atoms with van der Waals surface area (Å²) in [7, 11) is 1.56. The van der Waals surface area contributed by atoms with Gasteiger partial charge in [-0.1, -0.05) is 0 Å². The molecule has 0 saturated heterocycles. The fraction of sp³-hybridized carbons (Fsp3) is 0.364. The first-order chi connectivity index (χ1) is 8.88. The summed E-state index contributed by atoms with van der Waals surface area (Å²) in [5.41, 5.74) is 0. The van der Waals surface area contributed by atoms with Gasteiger partial charge < -0.3 is 10.0 Å². The van der Waals surface area contributed by atoms with Gasteiger partial charge in [0.15, 0.2) is 0 Å². The second-order valence-electron chi connectivity index (χ2n) is 3.83. The second-order valence-corrected chi connectivity index (χ2v) is 5.75. The van der Waals surface area contributed by atoms with E-state index in [1.807, 2.05) is 11.4 Å². The van der Waals surface area contributed by atoms with E-state index in [1.54, 1.807) is 7.05 Å². The minimum Gasteiger partial charge on any atom is -0.481 e. The molecule has 3 amide bonds. The Morgan fingerprint density at radius 3 is 2.63 bits per heavy atom. The molecule has 0 fully saturated rings. The summed E-state index contributed by atoms with van der Waals surface area (Å²) in [5, 5.41) is 12.5. The number of rotatable bonds is 5. The van der Waals surface area contributed by atoms with E-state index in [9.17, 15) is 14.4 Å². The number of urea groups is 1. The summed E-state index contributed by atoms with van der Waals surface area (Å²) >= 11 is 4.81. The van der Waals surface area contributed by atoms with Crippen LogP contribution in [0.15, 0.2) is 15.9 Å². The van der Waals surface area contributed by atoms with Crippen LogP contribution in [0.2, 0.25) is 0 Å². The lowest BCUT2D eigenvalue weighted by molar-refractivity contribution is -0.138. The van der Waals surface area contributed by atoms with Crippen molar-refractivity contribution in [1.82, 2.24) is 10.2 Å². The van der Waals surface area contributed by atoms with Crippen LogP contribution in [0.1, 0.15) is 17.7 Å². The molecule has 19 heavy (non-hydrogen) atoms. The van der Waals surface area contributed by atoms with Gasteiger partial charge in [-0.3, -0.25) is 14.9 Å². The Bertz CT molecular complexity index is 489. The monoisotopic (exact) mass is 348 g/mol. The molecular weight excluding hydrogens is 336 g/mol. The van der Waals surface area contributed by atoms with E-state index in [4.69, 9.17) is 5.11 Å². The van der Waals surface area contributed by atoms with E-state index in [2.05, 4.69) is 21.2 Å². The van der Waals surface area contributed by atoms with Gasteiger partial charge in [-0.15, -0.1) is 11.3 Å². The van der Waals surface area contributed by atoms with Crippen molar-refractivity contribution in [2.24, 2.45) is 0 Å². The van der Waals surface area contributed by atoms with Gasteiger partial charge >= 0.3 is 12.0 Å². The van der Waals surface area contributed by atoms with Crippen LogP contribution in [-0.2, 0) is 16.1 Å². The maximum atomic E-state index is 11.6. The summed E-state index contributed by atoms with van der Waals surface area (Å²) in [5.74, 6) is -1.66. The number of carboxylic acids is 1. The molecule has 2 N–H and O–H groups in total. The van der Waals surface area contributed by atoms with Crippen LogP contribution < -0.4 is 5.32 Å². The quantitative estimate of drug-likeness (QED) is 0.852. The average molecular weight is 349 g/mol. The molecule has 1 rings (SSSR count). The summed E-state index contributed by atoms with van der Waals surface area (Å²) in [6.45, 7) is 0.383. The fourth-order valence-corrected chi connectivity index (χ4v) is 2.74. The van der Waals surface area contributed by atoms with Gasteiger partial charge in [0.1, 0.15) is 0 Å². The van der Waals surface area contributed by atoms with Gasteiger partial charge in [-0.25, -0.2) is 4.79 Å². The fourth-order valence-electron chi connectivity index (χ4n) is 1.24. The molecule has 104 valence electrons. The Balaban J connectivity index is 2.40. The third-order valence-corrected chi connectivity index (χ3v) is 3.86. The summed E-state index contributed by atoms with van der Waals surface area (Å²) in [4.78, 5) is 35.6. The largest absolute Gasteiger partial charge is 0.481 e. The van der Waals surface area contributed by atoms with E-state index < -0.39 is 17.9 Å². The van der Waals surface area contributed by atoms with Crippen molar-refractivity contribution in [3.63, 3.8) is 0 Å². The molecule has 0 bridgehead atoms. The predicted molar refractivity (Wildman–Crippen MR) is 73.9 cm³/mol. The number of amides is 3. The third kappa shape index (κ3) is 5.84. The first-order valence-corrected chi connectivity index (χ1v) is 7.05. The molecule has 0 aliphatic heterocycles. The maximum absolute atomic E-state index is 11.6. The van der Waals surface area contributed by atoms with Crippen LogP contribution in [0, 0.1) is 0 Å². The highest BCUT2D eigenvalue weighted by Gasteiger charge is 2.14. The smallest absolute Gasteiger partial charge is 0.324 e. The molecule has 0 radical (unpaired) electrons. The highest BCUT2D eigenvalue weighted by Crippen LogP contribution is 2.20. The van der Waals surface area contributed by atoms with Gasteiger partial charge in [-0.05, 0) is 22.0 Å². The van der Waals surface area contributed by atoms with Crippen molar-refractivity contribution in [1.29, 1.82) is 0 Å². The number of nitrogens with zero attached hydrogens (tertiary/aromatic N) is 1. The molecule has 0 aliphatic carbocycles. The minimum atomic E-state index is -1.07. The molecule has 0 spiro atoms. The van der Waals surface area contributed by atoms with Gasteiger partial charge in [0, 0.05) is 28.2 Å². The number of nitrogens with one attached hydrogen (secondary N) is 1. The summed E-state index contributed by atoms with van der Waals surface area (Å²) in [6, 6.07) is 1.35. The van der Waals surface area contributed by atoms with E-state index in [0.717, 1.165) is 9.35 Å². The first-order valence-electron chi connectivity index (χ1n) is 5.38. The van der Waals surface area contributed by atoms with Crippen molar-refractivity contribution in [3.05, 3.63) is 20.8 Å². The van der Waals surface area contributed by atoms with Gasteiger partial charge in [0.2, 0.25) is 5.91 Å². The van der Waals surface area contributed by atoms with Crippen molar-refractivity contribution < 1.29 is 19.5 Å². The Hall–Kier alpha value is -1.41. The Morgan fingerprint density at radius 1 is 1.42 bits per heavy atom. The SMILES string of the molecule is CN(Cc1cc(Br)cs1)C(=O)NC(=O)CCC(=O)O. The van der Waals surface area contributed by atoms with Gasteiger partial charge in [0.25, 0.3) is 0 Å². The number of carbonyl (C=O) groups excluding carboxylic acids is 2. The first kappa shape index (κ1) is 15.6.